The van der Waals surface area contributed by atoms with Gasteiger partial charge in [-0.25, -0.2) is 4.79 Å². The highest BCUT2D eigenvalue weighted by atomic mass is 32.2. The van der Waals surface area contributed by atoms with Gasteiger partial charge in [-0.3, -0.25) is 9.88 Å². The molecule has 0 aliphatic heterocycles. The summed E-state index contributed by atoms with van der Waals surface area (Å²) in [6, 6.07) is 21.1. The van der Waals surface area contributed by atoms with E-state index in [2.05, 4.69) is 4.98 Å². The molecule has 0 atom stereocenters. The van der Waals surface area contributed by atoms with Crippen LogP contribution in [0.1, 0.15) is 5.56 Å². The number of ether oxygens (including phenoxy) is 1. The van der Waals surface area contributed by atoms with Gasteiger partial charge in [-0.1, -0.05) is 30.3 Å². The molecule has 0 N–H and O–H groups in total. The van der Waals surface area contributed by atoms with Gasteiger partial charge in [-0.15, -0.1) is 11.8 Å². The Hall–Kier alpha value is -2.79. The number of rotatable bonds is 6. The van der Waals surface area contributed by atoms with Crippen molar-refractivity contribution in [3.8, 4) is 5.75 Å². The summed E-state index contributed by atoms with van der Waals surface area (Å²) in [7, 11) is 1.70. The Balaban J connectivity index is 1.50. The van der Waals surface area contributed by atoms with Crippen LogP contribution in [-0.2, 0) is 6.42 Å². The highest BCUT2D eigenvalue weighted by molar-refractivity contribution is 7.99. The van der Waals surface area contributed by atoms with E-state index in [4.69, 9.17) is 4.74 Å². The van der Waals surface area contributed by atoms with Gasteiger partial charge >= 0.3 is 6.09 Å². The third kappa shape index (κ3) is 5.10. The van der Waals surface area contributed by atoms with E-state index in [0.717, 1.165) is 17.9 Å². The van der Waals surface area contributed by atoms with Gasteiger partial charge in [0.25, 0.3) is 0 Å². The van der Waals surface area contributed by atoms with E-state index in [0.29, 0.717) is 5.75 Å². The number of para-hydroxylation sites is 1. The molecule has 0 spiro atoms. The monoisotopic (exact) mass is 364 g/mol. The maximum Gasteiger partial charge on any atom is 0.419 e. The molecule has 0 saturated carbocycles. The van der Waals surface area contributed by atoms with Crippen LogP contribution < -0.4 is 9.64 Å². The molecule has 0 bridgehead atoms. The molecule has 1 amide bonds. The van der Waals surface area contributed by atoms with Crippen LogP contribution in [-0.4, -0.2) is 23.9 Å². The summed E-state index contributed by atoms with van der Waals surface area (Å²) < 4.78 is 5.43. The largest absolute Gasteiger partial charge is 0.419 e. The Bertz CT molecular complexity index is 824. The van der Waals surface area contributed by atoms with Gasteiger partial charge < -0.3 is 4.74 Å². The second-order valence-electron chi connectivity index (χ2n) is 5.69. The summed E-state index contributed by atoms with van der Waals surface area (Å²) in [4.78, 5) is 18.9. The summed E-state index contributed by atoms with van der Waals surface area (Å²) in [5.74, 6) is 1.53. The Kier molecular flexibility index (Phi) is 6.28. The van der Waals surface area contributed by atoms with Crippen molar-refractivity contribution in [3.63, 3.8) is 0 Å². The van der Waals surface area contributed by atoms with Gasteiger partial charge in [0.05, 0.1) is 0 Å². The lowest BCUT2D eigenvalue weighted by atomic mass is 10.2. The van der Waals surface area contributed by atoms with Gasteiger partial charge in [-0.2, -0.15) is 0 Å². The normalized spacial score (nSPS) is 10.3. The standard InChI is InChI=1S/C21H20N2O2S/c1-23(18-5-3-2-4-6-18)21(24)25-19-9-7-17(8-10-19)13-16-26-20-11-14-22-15-12-20/h2-12,14-15H,13,16H2,1H3. The third-order valence-corrected chi connectivity index (χ3v) is 4.87. The van der Waals surface area contributed by atoms with Crippen LogP contribution in [0.25, 0.3) is 0 Å². The average molecular weight is 364 g/mol. The fraction of sp³-hybridized carbons (Fsp3) is 0.143. The predicted octanol–water partition coefficient (Wildman–Crippen LogP) is 5.05. The molecule has 0 fully saturated rings. The van der Waals surface area contributed by atoms with E-state index in [1.165, 1.54) is 15.4 Å². The van der Waals surface area contributed by atoms with Crippen LogP contribution in [0.15, 0.2) is 84.0 Å². The Morgan fingerprint density at radius 1 is 1.00 bits per heavy atom. The smallest absolute Gasteiger partial charge is 0.410 e. The predicted molar refractivity (Wildman–Crippen MR) is 106 cm³/mol. The number of thioether (sulfide) groups is 1. The molecule has 0 radical (unpaired) electrons. The topological polar surface area (TPSA) is 42.4 Å². The molecular weight excluding hydrogens is 344 g/mol. The van der Waals surface area contributed by atoms with Crippen molar-refractivity contribution in [2.75, 3.05) is 17.7 Å². The number of amides is 1. The molecule has 2 aromatic carbocycles. The van der Waals surface area contributed by atoms with Crippen molar-refractivity contribution in [1.29, 1.82) is 0 Å². The van der Waals surface area contributed by atoms with Gasteiger partial charge in [0, 0.05) is 35.8 Å². The molecule has 0 unspecified atom stereocenters. The molecule has 0 saturated heterocycles. The first-order valence-corrected chi connectivity index (χ1v) is 9.33. The minimum Gasteiger partial charge on any atom is -0.410 e. The zero-order valence-electron chi connectivity index (χ0n) is 14.5. The summed E-state index contributed by atoms with van der Waals surface area (Å²) in [5, 5.41) is 0. The molecule has 5 heteroatoms. The number of hydrogen-bond donors (Lipinski definition) is 0. The minimum absolute atomic E-state index is 0.405. The van der Waals surface area contributed by atoms with E-state index in [-0.39, 0.29) is 0 Å². The number of aryl methyl sites for hydroxylation is 1. The molecular formula is C21H20N2O2S. The van der Waals surface area contributed by atoms with Crippen LogP contribution >= 0.6 is 11.8 Å². The van der Waals surface area contributed by atoms with Crippen LogP contribution in [0.3, 0.4) is 0 Å². The quantitative estimate of drug-likeness (QED) is 0.574. The van der Waals surface area contributed by atoms with Crippen LogP contribution in [0.5, 0.6) is 5.75 Å². The number of carbonyl (C=O) groups is 1. The Morgan fingerprint density at radius 3 is 2.38 bits per heavy atom. The van der Waals surface area contributed by atoms with Crippen molar-refractivity contribution in [2.45, 2.75) is 11.3 Å². The summed E-state index contributed by atoms with van der Waals surface area (Å²) in [5.41, 5.74) is 2.00. The number of hydrogen-bond acceptors (Lipinski definition) is 4. The highest BCUT2D eigenvalue weighted by Crippen LogP contribution is 2.20. The first-order valence-electron chi connectivity index (χ1n) is 8.35. The molecule has 0 aliphatic rings. The fourth-order valence-corrected chi connectivity index (χ4v) is 3.26. The fourth-order valence-electron chi connectivity index (χ4n) is 2.37. The van der Waals surface area contributed by atoms with Crippen LogP contribution in [0.2, 0.25) is 0 Å². The number of aromatic nitrogens is 1. The highest BCUT2D eigenvalue weighted by Gasteiger charge is 2.12. The molecule has 4 nitrogen and oxygen atoms in total. The van der Waals surface area contributed by atoms with Crippen LogP contribution in [0, 0.1) is 0 Å². The van der Waals surface area contributed by atoms with E-state index < -0.39 is 6.09 Å². The molecule has 26 heavy (non-hydrogen) atoms. The van der Waals surface area contributed by atoms with E-state index >= 15 is 0 Å². The summed E-state index contributed by atoms with van der Waals surface area (Å²) >= 11 is 1.80. The zero-order valence-corrected chi connectivity index (χ0v) is 15.4. The van der Waals surface area contributed by atoms with E-state index in [9.17, 15) is 4.79 Å². The van der Waals surface area contributed by atoms with Crippen molar-refractivity contribution >= 4 is 23.5 Å². The minimum atomic E-state index is -0.405. The number of pyridine rings is 1. The van der Waals surface area contributed by atoms with Gasteiger partial charge in [0.15, 0.2) is 0 Å². The van der Waals surface area contributed by atoms with E-state index in [1.54, 1.807) is 31.2 Å². The van der Waals surface area contributed by atoms with Gasteiger partial charge in [-0.05, 0) is 48.4 Å². The SMILES string of the molecule is CN(C(=O)Oc1ccc(CCSc2ccncc2)cc1)c1ccccc1. The second kappa shape index (κ2) is 9.06. The maximum absolute atomic E-state index is 12.2. The van der Waals surface area contributed by atoms with Crippen molar-refractivity contribution in [1.82, 2.24) is 4.98 Å². The average Bonchev–Trinajstić information content (AvgIpc) is 2.70. The molecule has 1 heterocycles. The van der Waals surface area contributed by atoms with Gasteiger partial charge in [0.2, 0.25) is 0 Å². The number of benzene rings is 2. The number of carbonyl (C=O) groups excluding carboxylic acids is 1. The lowest BCUT2D eigenvalue weighted by molar-refractivity contribution is 0.209. The maximum atomic E-state index is 12.2. The molecule has 3 rings (SSSR count). The molecule has 0 aliphatic carbocycles. The lowest BCUT2D eigenvalue weighted by Crippen LogP contribution is -2.29. The Labute approximate surface area is 157 Å². The van der Waals surface area contributed by atoms with Gasteiger partial charge in [0.1, 0.15) is 5.75 Å². The molecule has 132 valence electrons. The van der Waals surface area contributed by atoms with Crippen LogP contribution in [0.4, 0.5) is 10.5 Å². The Morgan fingerprint density at radius 2 is 1.69 bits per heavy atom. The van der Waals surface area contributed by atoms with Crippen molar-refractivity contribution in [2.24, 2.45) is 0 Å². The zero-order chi connectivity index (χ0) is 18.2. The summed E-state index contributed by atoms with van der Waals surface area (Å²) in [6.07, 6.45) is 4.15. The first-order chi connectivity index (χ1) is 12.7. The first kappa shape index (κ1) is 18.0. The van der Waals surface area contributed by atoms with Crippen molar-refractivity contribution < 1.29 is 9.53 Å². The number of anilines is 1. The van der Waals surface area contributed by atoms with E-state index in [1.807, 2.05) is 66.7 Å². The summed E-state index contributed by atoms with van der Waals surface area (Å²) in [6.45, 7) is 0. The molecule has 3 aromatic rings. The van der Waals surface area contributed by atoms with Crippen molar-refractivity contribution in [3.05, 3.63) is 84.7 Å². The molecule has 1 aromatic heterocycles. The lowest BCUT2D eigenvalue weighted by Gasteiger charge is -2.16. The number of nitrogens with zero attached hydrogens (tertiary/aromatic N) is 2. The second-order valence-corrected chi connectivity index (χ2v) is 6.86. The third-order valence-electron chi connectivity index (χ3n) is 3.86.